The average Bonchev–Trinajstić information content (AvgIpc) is 2.04. The van der Waals surface area contributed by atoms with Gasteiger partial charge in [0.2, 0.25) is 0 Å². The lowest BCUT2D eigenvalue weighted by Crippen LogP contribution is -2.12. The van der Waals surface area contributed by atoms with Gasteiger partial charge in [-0.15, -0.1) is 24.8 Å². The molecule has 6 heteroatoms. The van der Waals surface area contributed by atoms with E-state index in [0.29, 0.717) is 12.2 Å². The Morgan fingerprint density at radius 3 is 2.53 bits per heavy atom. The van der Waals surface area contributed by atoms with Crippen LogP contribution in [0.15, 0.2) is 12.1 Å². The predicted octanol–water partition coefficient (Wildman–Crippen LogP) is 1.73. The summed E-state index contributed by atoms with van der Waals surface area (Å²) in [4.78, 5) is 4.07. The standard InChI is InChI=1S/C9H12N4.2ClH/c1-6-7(8(11)4-5-10)2-3-9(12)13-6;;/h2-3,8H,4,11H2,1H3,(H2,12,13);2*1H/t8-;;/m0../s1. The van der Waals surface area contributed by atoms with Gasteiger partial charge in [0, 0.05) is 11.7 Å². The number of halogens is 2. The Morgan fingerprint density at radius 1 is 1.47 bits per heavy atom. The number of nitrogens with zero attached hydrogens (tertiary/aromatic N) is 2. The predicted molar refractivity (Wildman–Crippen MR) is 65.0 cm³/mol. The van der Waals surface area contributed by atoms with E-state index >= 15 is 0 Å². The lowest BCUT2D eigenvalue weighted by atomic mass is 10.0. The first kappa shape index (κ1) is 16.4. The Labute approximate surface area is 101 Å². The molecule has 15 heavy (non-hydrogen) atoms. The third kappa shape index (κ3) is 4.34. The maximum atomic E-state index is 8.47. The van der Waals surface area contributed by atoms with E-state index in [1.165, 1.54) is 0 Å². The number of nitrogens with two attached hydrogens (primary N) is 2. The van der Waals surface area contributed by atoms with E-state index in [9.17, 15) is 0 Å². The Bertz CT molecular complexity index is 348. The second-order valence-corrected chi connectivity index (χ2v) is 2.88. The van der Waals surface area contributed by atoms with E-state index < -0.39 is 0 Å². The van der Waals surface area contributed by atoms with E-state index in [-0.39, 0.29) is 30.9 Å². The first-order valence-electron chi connectivity index (χ1n) is 4.00. The highest BCUT2D eigenvalue weighted by atomic mass is 35.5. The van der Waals surface area contributed by atoms with Gasteiger partial charge in [0.15, 0.2) is 0 Å². The van der Waals surface area contributed by atoms with Gasteiger partial charge in [-0.3, -0.25) is 0 Å². The third-order valence-electron chi connectivity index (χ3n) is 1.86. The molecule has 0 radical (unpaired) electrons. The number of aryl methyl sites for hydroxylation is 1. The van der Waals surface area contributed by atoms with Gasteiger partial charge in [-0.1, -0.05) is 6.07 Å². The zero-order valence-electron chi connectivity index (χ0n) is 8.30. The van der Waals surface area contributed by atoms with Crippen LogP contribution in [-0.4, -0.2) is 4.98 Å². The van der Waals surface area contributed by atoms with Crippen LogP contribution < -0.4 is 11.5 Å². The highest BCUT2D eigenvalue weighted by molar-refractivity contribution is 5.85. The summed E-state index contributed by atoms with van der Waals surface area (Å²) in [6, 6.07) is 5.27. The molecule has 4 N–H and O–H groups in total. The molecule has 1 heterocycles. The Balaban J connectivity index is 0. The van der Waals surface area contributed by atoms with Crippen molar-refractivity contribution in [1.29, 1.82) is 5.26 Å². The second-order valence-electron chi connectivity index (χ2n) is 2.88. The molecule has 0 unspecified atom stereocenters. The van der Waals surface area contributed by atoms with Gasteiger partial charge in [-0.25, -0.2) is 4.98 Å². The van der Waals surface area contributed by atoms with Crippen molar-refractivity contribution in [2.75, 3.05) is 5.73 Å². The van der Waals surface area contributed by atoms with Gasteiger partial charge in [-0.05, 0) is 18.6 Å². The molecule has 4 nitrogen and oxygen atoms in total. The number of hydrogen-bond acceptors (Lipinski definition) is 4. The van der Waals surface area contributed by atoms with Crippen molar-refractivity contribution in [2.45, 2.75) is 19.4 Å². The van der Waals surface area contributed by atoms with Crippen molar-refractivity contribution in [2.24, 2.45) is 5.73 Å². The van der Waals surface area contributed by atoms with Crippen LogP contribution in [0, 0.1) is 18.3 Å². The van der Waals surface area contributed by atoms with Crippen molar-refractivity contribution in [1.82, 2.24) is 4.98 Å². The Morgan fingerprint density at radius 2 is 2.07 bits per heavy atom. The summed E-state index contributed by atoms with van der Waals surface area (Å²) in [6.45, 7) is 1.84. The van der Waals surface area contributed by atoms with Crippen LogP contribution in [0.1, 0.15) is 23.7 Å². The van der Waals surface area contributed by atoms with Crippen LogP contribution in [0.25, 0.3) is 0 Å². The van der Waals surface area contributed by atoms with Crippen LogP contribution in [0.3, 0.4) is 0 Å². The summed E-state index contributed by atoms with van der Waals surface area (Å²) < 4.78 is 0. The van der Waals surface area contributed by atoms with Crippen molar-refractivity contribution >= 4 is 30.6 Å². The van der Waals surface area contributed by atoms with Gasteiger partial charge >= 0.3 is 0 Å². The summed E-state index contributed by atoms with van der Waals surface area (Å²) in [7, 11) is 0. The fourth-order valence-corrected chi connectivity index (χ4v) is 1.19. The van der Waals surface area contributed by atoms with Crippen molar-refractivity contribution in [3.63, 3.8) is 0 Å². The van der Waals surface area contributed by atoms with E-state index in [4.69, 9.17) is 16.7 Å². The Kier molecular flexibility index (Phi) is 7.98. The largest absolute Gasteiger partial charge is 0.384 e. The molecule has 0 amide bonds. The van der Waals surface area contributed by atoms with Crippen molar-refractivity contribution < 1.29 is 0 Å². The first-order chi connectivity index (χ1) is 6.15. The minimum absolute atomic E-state index is 0. The Hall–Kier alpha value is -1.02. The molecule has 1 aromatic heterocycles. The molecule has 0 fully saturated rings. The molecule has 0 spiro atoms. The van der Waals surface area contributed by atoms with Crippen LogP contribution in [-0.2, 0) is 0 Å². The number of hydrogen-bond donors (Lipinski definition) is 2. The second kappa shape index (κ2) is 7.30. The van der Waals surface area contributed by atoms with Crippen LogP contribution in [0.2, 0.25) is 0 Å². The topological polar surface area (TPSA) is 88.7 Å². The molecule has 0 aromatic carbocycles. The molecule has 0 saturated heterocycles. The fourth-order valence-electron chi connectivity index (χ4n) is 1.19. The minimum Gasteiger partial charge on any atom is -0.384 e. The summed E-state index contributed by atoms with van der Waals surface area (Å²) in [6.07, 6.45) is 0.298. The zero-order chi connectivity index (χ0) is 9.84. The molecule has 1 rings (SSSR count). The maximum Gasteiger partial charge on any atom is 0.123 e. The number of rotatable bonds is 2. The lowest BCUT2D eigenvalue weighted by molar-refractivity contribution is 0.736. The molecule has 1 aromatic rings. The van der Waals surface area contributed by atoms with Crippen LogP contribution in [0.5, 0.6) is 0 Å². The molecule has 0 aliphatic rings. The highest BCUT2D eigenvalue weighted by Crippen LogP contribution is 2.17. The van der Waals surface area contributed by atoms with Gasteiger partial charge in [0.05, 0.1) is 12.5 Å². The fraction of sp³-hybridized carbons (Fsp3) is 0.333. The monoisotopic (exact) mass is 248 g/mol. The first-order valence-corrected chi connectivity index (χ1v) is 4.00. The smallest absolute Gasteiger partial charge is 0.123 e. The number of aromatic nitrogens is 1. The van der Waals surface area contributed by atoms with Gasteiger partial charge in [0.25, 0.3) is 0 Å². The molecule has 0 bridgehead atoms. The number of nitrogen functional groups attached to an aromatic ring is 1. The highest BCUT2D eigenvalue weighted by Gasteiger charge is 2.08. The van der Waals surface area contributed by atoms with Crippen molar-refractivity contribution in [3.8, 4) is 6.07 Å². The normalized spacial score (nSPS) is 10.5. The van der Waals surface area contributed by atoms with E-state index in [2.05, 4.69) is 4.98 Å². The van der Waals surface area contributed by atoms with E-state index in [0.717, 1.165) is 11.3 Å². The summed E-state index contributed by atoms with van der Waals surface area (Å²) in [5.74, 6) is 0.477. The summed E-state index contributed by atoms with van der Waals surface area (Å²) in [5, 5.41) is 8.47. The minimum atomic E-state index is -0.266. The van der Waals surface area contributed by atoms with E-state index in [1.807, 2.05) is 19.1 Å². The lowest BCUT2D eigenvalue weighted by Gasteiger charge is -2.10. The summed E-state index contributed by atoms with van der Waals surface area (Å²) in [5.41, 5.74) is 12.9. The zero-order valence-corrected chi connectivity index (χ0v) is 9.94. The maximum absolute atomic E-state index is 8.47. The molecular weight excluding hydrogens is 235 g/mol. The van der Waals surface area contributed by atoms with Gasteiger partial charge < -0.3 is 11.5 Å². The van der Waals surface area contributed by atoms with Crippen LogP contribution in [0.4, 0.5) is 5.82 Å². The van der Waals surface area contributed by atoms with Crippen molar-refractivity contribution in [3.05, 3.63) is 23.4 Å². The van der Waals surface area contributed by atoms with E-state index in [1.54, 1.807) is 6.07 Å². The molecule has 1 atom stereocenters. The molecule has 0 saturated carbocycles. The third-order valence-corrected chi connectivity index (χ3v) is 1.86. The molecular formula is C9H14Cl2N4. The number of anilines is 1. The SMILES string of the molecule is Cc1nc(N)ccc1[C@@H](N)CC#N.Cl.Cl. The quantitative estimate of drug-likeness (QED) is 0.835. The van der Waals surface area contributed by atoms with Gasteiger partial charge in [0.1, 0.15) is 5.82 Å². The molecule has 0 aliphatic carbocycles. The summed E-state index contributed by atoms with van der Waals surface area (Å²) >= 11 is 0. The number of pyridine rings is 1. The molecule has 0 aliphatic heterocycles. The number of nitriles is 1. The van der Waals surface area contributed by atoms with Gasteiger partial charge in [-0.2, -0.15) is 5.26 Å². The average molecular weight is 249 g/mol. The van der Waals surface area contributed by atoms with Crippen LogP contribution >= 0.6 is 24.8 Å². The molecule has 84 valence electrons.